The molecule has 3 nitrogen and oxygen atoms in total. The summed E-state index contributed by atoms with van der Waals surface area (Å²) in [5, 5.41) is 0.152. The van der Waals surface area contributed by atoms with E-state index in [2.05, 4.69) is 40.4 Å². The lowest BCUT2D eigenvalue weighted by molar-refractivity contribution is -0.0450. The molecule has 0 aromatic heterocycles. The zero-order valence-electron chi connectivity index (χ0n) is 13.7. The molecule has 4 heteroatoms. The number of hydrogen-bond acceptors (Lipinski definition) is 3. The largest absolute Gasteiger partial charge is 0.543 e. The summed E-state index contributed by atoms with van der Waals surface area (Å²) >= 11 is 0. The van der Waals surface area contributed by atoms with Crippen molar-refractivity contribution in [1.29, 1.82) is 0 Å². The van der Waals surface area contributed by atoms with Crippen molar-refractivity contribution in [3.05, 3.63) is 35.9 Å². The van der Waals surface area contributed by atoms with Gasteiger partial charge in [0.15, 0.2) is 6.29 Å². The molecule has 0 radical (unpaired) electrons. The van der Waals surface area contributed by atoms with Crippen molar-refractivity contribution in [2.24, 2.45) is 0 Å². The predicted molar refractivity (Wildman–Crippen MR) is 89.0 cm³/mol. The molecule has 0 atom stereocenters. The third kappa shape index (κ3) is 3.57. The molecule has 1 aliphatic rings. The number of benzene rings is 1. The molecule has 1 saturated heterocycles. The SMILES string of the molecule is C=Cc1ccc(O[Si](C)(C)C(C)(C)C)c(C2OCCO2)c1. The van der Waals surface area contributed by atoms with Gasteiger partial charge in [0.1, 0.15) is 5.75 Å². The molecule has 116 valence electrons. The first-order valence-corrected chi connectivity index (χ1v) is 10.3. The van der Waals surface area contributed by atoms with Gasteiger partial charge in [0.25, 0.3) is 0 Å². The molecule has 1 aromatic carbocycles. The van der Waals surface area contributed by atoms with Crippen LogP contribution in [0.1, 0.15) is 38.2 Å². The van der Waals surface area contributed by atoms with Crippen molar-refractivity contribution in [1.82, 2.24) is 0 Å². The first kappa shape index (κ1) is 16.3. The molecular weight excluding hydrogens is 280 g/mol. The van der Waals surface area contributed by atoms with E-state index < -0.39 is 8.32 Å². The van der Waals surface area contributed by atoms with Crippen LogP contribution < -0.4 is 4.43 Å². The Labute approximate surface area is 129 Å². The van der Waals surface area contributed by atoms with Crippen molar-refractivity contribution < 1.29 is 13.9 Å². The van der Waals surface area contributed by atoms with Gasteiger partial charge in [-0.25, -0.2) is 0 Å². The quantitative estimate of drug-likeness (QED) is 0.751. The lowest BCUT2D eigenvalue weighted by Crippen LogP contribution is -2.44. The molecule has 1 aliphatic heterocycles. The summed E-state index contributed by atoms with van der Waals surface area (Å²) in [4.78, 5) is 0. The van der Waals surface area contributed by atoms with Gasteiger partial charge >= 0.3 is 0 Å². The standard InChI is InChI=1S/C17H26O3Si/c1-7-13-8-9-15(20-21(5,6)17(2,3)4)14(12-13)16-18-10-11-19-16/h7-9,12,16H,1,10-11H2,2-6H3. The zero-order chi connectivity index (χ0) is 15.7. The van der Waals surface area contributed by atoms with Crippen LogP contribution in [0.4, 0.5) is 0 Å². The Kier molecular flexibility index (Phi) is 4.61. The maximum atomic E-state index is 6.45. The molecule has 1 aromatic rings. The van der Waals surface area contributed by atoms with Crippen molar-refractivity contribution >= 4 is 14.4 Å². The van der Waals surface area contributed by atoms with E-state index in [9.17, 15) is 0 Å². The molecule has 0 spiro atoms. The van der Waals surface area contributed by atoms with E-state index in [1.165, 1.54) is 0 Å². The van der Waals surface area contributed by atoms with E-state index in [0.29, 0.717) is 13.2 Å². The second kappa shape index (κ2) is 5.95. The average Bonchev–Trinajstić information content (AvgIpc) is 2.91. The predicted octanol–water partition coefficient (Wildman–Crippen LogP) is 4.76. The molecule has 0 unspecified atom stereocenters. The second-order valence-corrected chi connectivity index (χ2v) is 11.7. The second-order valence-electron chi connectivity index (χ2n) is 6.94. The Morgan fingerprint density at radius 1 is 1.24 bits per heavy atom. The molecule has 0 bridgehead atoms. The lowest BCUT2D eigenvalue weighted by atomic mass is 10.1. The minimum Gasteiger partial charge on any atom is -0.543 e. The molecule has 2 rings (SSSR count). The van der Waals surface area contributed by atoms with E-state index in [1.807, 2.05) is 24.3 Å². The maximum absolute atomic E-state index is 6.45. The van der Waals surface area contributed by atoms with Crippen LogP contribution in [0, 0.1) is 0 Å². The van der Waals surface area contributed by atoms with Gasteiger partial charge in [0, 0.05) is 5.56 Å². The summed E-state index contributed by atoms with van der Waals surface area (Å²) in [5.74, 6) is 0.874. The van der Waals surface area contributed by atoms with Crippen LogP contribution in [-0.2, 0) is 9.47 Å². The minimum absolute atomic E-state index is 0.152. The van der Waals surface area contributed by atoms with Gasteiger partial charge in [-0.3, -0.25) is 0 Å². The van der Waals surface area contributed by atoms with Gasteiger partial charge in [-0.2, -0.15) is 0 Å². The van der Waals surface area contributed by atoms with Gasteiger partial charge in [0.2, 0.25) is 8.32 Å². The lowest BCUT2D eigenvalue weighted by Gasteiger charge is -2.37. The van der Waals surface area contributed by atoms with Crippen molar-refractivity contribution in [2.75, 3.05) is 13.2 Å². The van der Waals surface area contributed by atoms with Crippen molar-refractivity contribution in [3.8, 4) is 5.75 Å². The van der Waals surface area contributed by atoms with Crippen LogP contribution in [0.2, 0.25) is 18.1 Å². The highest BCUT2D eigenvalue weighted by Crippen LogP contribution is 2.40. The average molecular weight is 306 g/mol. The maximum Gasteiger partial charge on any atom is 0.250 e. The minimum atomic E-state index is -1.89. The number of hydrogen-bond donors (Lipinski definition) is 0. The van der Waals surface area contributed by atoms with E-state index in [-0.39, 0.29) is 11.3 Å². The third-order valence-corrected chi connectivity index (χ3v) is 8.66. The summed E-state index contributed by atoms with van der Waals surface area (Å²) in [7, 11) is -1.89. The summed E-state index contributed by atoms with van der Waals surface area (Å²) in [6, 6.07) is 6.08. The van der Waals surface area contributed by atoms with E-state index in [0.717, 1.165) is 16.9 Å². The van der Waals surface area contributed by atoms with Crippen LogP contribution in [0.15, 0.2) is 24.8 Å². The number of ether oxygens (including phenoxy) is 2. The van der Waals surface area contributed by atoms with Gasteiger partial charge in [0.05, 0.1) is 13.2 Å². The van der Waals surface area contributed by atoms with Crippen molar-refractivity contribution in [3.63, 3.8) is 0 Å². The van der Waals surface area contributed by atoms with E-state index in [1.54, 1.807) is 0 Å². The van der Waals surface area contributed by atoms with Crippen molar-refractivity contribution in [2.45, 2.75) is 45.2 Å². The van der Waals surface area contributed by atoms with Gasteiger partial charge in [-0.1, -0.05) is 39.5 Å². The smallest absolute Gasteiger partial charge is 0.250 e. The first-order chi connectivity index (χ1) is 9.74. The van der Waals surface area contributed by atoms with Gasteiger partial charge in [-0.05, 0) is 35.8 Å². The molecular formula is C17H26O3Si. The fraction of sp³-hybridized carbons (Fsp3) is 0.529. The Hall–Kier alpha value is -1.10. The Morgan fingerprint density at radius 2 is 1.86 bits per heavy atom. The summed E-state index contributed by atoms with van der Waals surface area (Å²) < 4.78 is 17.8. The van der Waals surface area contributed by atoms with E-state index >= 15 is 0 Å². The molecule has 0 N–H and O–H groups in total. The van der Waals surface area contributed by atoms with E-state index in [4.69, 9.17) is 13.9 Å². The third-order valence-electron chi connectivity index (χ3n) is 4.32. The first-order valence-electron chi connectivity index (χ1n) is 7.43. The van der Waals surface area contributed by atoms with Crippen LogP contribution in [0.3, 0.4) is 0 Å². The normalized spacial score (nSPS) is 17.0. The highest BCUT2D eigenvalue weighted by atomic mass is 28.4. The summed E-state index contributed by atoms with van der Waals surface area (Å²) in [5.41, 5.74) is 2.02. The monoisotopic (exact) mass is 306 g/mol. The summed E-state index contributed by atoms with van der Waals surface area (Å²) in [6.45, 7) is 16.3. The fourth-order valence-electron chi connectivity index (χ4n) is 1.94. The molecule has 0 saturated carbocycles. The van der Waals surface area contributed by atoms with Crippen LogP contribution in [0.5, 0.6) is 5.75 Å². The summed E-state index contributed by atoms with van der Waals surface area (Å²) in [6.07, 6.45) is 1.50. The number of rotatable bonds is 4. The molecule has 1 fully saturated rings. The highest BCUT2D eigenvalue weighted by Gasteiger charge is 2.40. The van der Waals surface area contributed by atoms with Crippen LogP contribution in [-0.4, -0.2) is 21.5 Å². The Morgan fingerprint density at radius 3 is 2.38 bits per heavy atom. The van der Waals surface area contributed by atoms with Gasteiger partial charge in [-0.15, -0.1) is 0 Å². The molecule has 1 heterocycles. The Bertz CT molecular complexity index is 511. The zero-order valence-corrected chi connectivity index (χ0v) is 14.7. The van der Waals surface area contributed by atoms with Gasteiger partial charge < -0.3 is 13.9 Å². The van der Waals surface area contributed by atoms with Crippen LogP contribution in [0.25, 0.3) is 6.08 Å². The fourth-order valence-corrected chi connectivity index (χ4v) is 2.98. The molecule has 0 amide bonds. The highest BCUT2D eigenvalue weighted by molar-refractivity contribution is 6.74. The Balaban J connectivity index is 2.36. The van der Waals surface area contributed by atoms with Crippen LogP contribution >= 0.6 is 0 Å². The molecule has 21 heavy (non-hydrogen) atoms. The topological polar surface area (TPSA) is 27.7 Å². The molecule has 0 aliphatic carbocycles.